The van der Waals surface area contributed by atoms with Gasteiger partial charge < -0.3 is 0 Å². The smallest absolute Gasteiger partial charge is 0.0464 e. The van der Waals surface area contributed by atoms with Crippen molar-refractivity contribution in [3.8, 4) is 0 Å². The van der Waals surface area contributed by atoms with Gasteiger partial charge in [0.15, 0.2) is 0 Å². The molecule has 1 nitrogen and oxygen atoms in total. The molecule has 50 valence electrons. The minimum atomic E-state index is 0.551. The molecule has 0 aromatic heterocycles. The Morgan fingerprint density at radius 3 is 2.33 bits per heavy atom. The van der Waals surface area contributed by atoms with Crippen LogP contribution >= 0.6 is 0 Å². The number of nitrogens with zero attached hydrogens (tertiary/aromatic N) is 1. The van der Waals surface area contributed by atoms with Crippen LogP contribution in [0.2, 0.25) is 0 Å². The van der Waals surface area contributed by atoms with Crippen molar-refractivity contribution >= 4 is 0 Å². The molecule has 0 saturated heterocycles. The molecular formula is C8H13N. The molecule has 0 aromatic rings. The second-order valence-corrected chi connectivity index (χ2v) is 2.33. The van der Waals surface area contributed by atoms with Gasteiger partial charge in [-0.1, -0.05) is 31.2 Å². The molecule has 0 N–H and O–H groups in total. The minimum Gasteiger partial charge on any atom is -0.297 e. The summed E-state index contributed by atoms with van der Waals surface area (Å²) in [4.78, 5) is 2.29. The van der Waals surface area contributed by atoms with Crippen LogP contribution in [0.3, 0.4) is 0 Å². The van der Waals surface area contributed by atoms with E-state index in [0.717, 1.165) is 6.54 Å². The van der Waals surface area contributed by atoms with Crippen LogP contribution in [0.1, 0.15) is 6.92 Å². The van der Waals surface area contributed by atoms with Crippen molar-refractivity contribution in [2.24, 2.45) is 0 Å². The van der Waals surface area contributed by atoms with Gasteiger partial charge in [-0.3, -0.25) is 4.90 Å². The van der Waals surface area contributed by atoms with E-state index in [0.29, 0.717) is 6.04 Å². The van der Waals surface area contributed by atoms with Crippen LogP contribution in [0.15, 0.2) is 24.3 Å². The van der Waals surface area contributed by atoms with Gasteiger partial charge in [0.05, 0.1) is 0 Å². The second kappa shape index (κ2) is 2.83. The fraction of sp³-hybridized carbons (Fsp3) is 0.500. The van der Waals surface area contributed by atoms with E-state index in [4.69, 9.17) is 0 Å². The molecule has 1 rings (SSSR count). The SMILES string of the molecule is CCN(C)C1C=CC=C1. The molecule has 0 saturated carbocycles. The first-order chi connectivity index (χ1) is 4.34. The summed E-state index contributed by atoms with van der Waals surface area (Å²) in [5, 5.41) is 0. The number of allylic oxidation sites excluding steroid dienone is 2. The normalized spacial score (nSPS) is 18.1. The van der Waals surface area contributed by atoms with Crippen molar-refractivity contribution < 1.29 is 0 Å². The van der Waals surface area contributed by atoms with E-state index >= 15 is 0 Å². The molecule has 0 amide bonds. The van der Waals surface area contributed by atoms with E-state index in [9.17, 15) is 0 Å². The number of hydrogen-bond donors (Lipinski definition) is 0. The Morgan fingerprint density at radius 1 is 1.33 bits per heavy atom. The van der Waals surface area contributed by atoms with Crippen LogP contribution in [0.4, 0.5) is 0 Å². The fourth-order valence-corrected chi connectivity index (χ4v) is 0.925. The average Bonchev–Trinajstić information content (AvgIpc) is 2.37. The Labute approximate surface area is 56.7 Å². The summed E-state index contributed by atoms with van der Waals surface area (Å²) in [7, 11) is 2.13. The van der Waals surface area contributed by atoms with E-state index in [1.807, 2.05) is 0 Å². The summed E-state index contributed by atoms with van der Waals surface area (Å²) in [6, 6.07) is 0.551. The highest BCUT2D eigenvalue weighted by atomic mass is 15.1. The van der Waals surface area contributed by atoms with E-state index in [-0.39, 0.29) is 0 Å². The first-order valence-corrected chi connectivity index (χ1v) is 3.40. The zero-order chi connectivity index (χ0) is 6.69. The predicted molar refractivity (Wildman–Crippen MR) is 40.4 cm³/mol. The quantitative estimate of drug-likeness (QED) is 0.537. The molecule has 0 atom stereocenters. The summed E-state index contributed by atoms with van der Waals surface area (Å²) in [5.74, 6) is 0. The Kier molecular flexibility index (Phi) is 2.06. The zero-order valence-electron chi connectivity index (χ0n) is 6.04. The highest BCUT2D eigenvalue weighted by Crippen LogP contribution is 2.05. The Morgan fingerprint density at radius 2 is 1.89 bits per heavy atom. The maximum absolute atomic E-state index is 2.29. The Bertz CT molecular complexity index is 124. The van der Waals surface area contributed by atoms with Gasteiger partial charge in [0.1, 0.15) is 0 Å². The molecular weight excluding hydrogens is 110 g/mol. The molecule has 0 radical (unpaired) electrons. The zero-order valence-corrected chi connectivity index (χ0v) is 6.04. The first kappa shape index (κ1) is 6.56. The molecule has 1 aliphatic carbocycles. The van der Waals surface area contributed by atoms with Crippen molar-refractivity contribution in [2.75, 3.05) is 13.6 Å². The summed E-state index contributed by atoms with van der Waals surface area (Å²) >= 11 is 0. The molecule has 0 bridgehead atoms. The highest BCUT2D eigenvalue weighted by molar-refractivity contribution is 5.21. The average molecular weight is 123 g/mol. The summed E-state index contributed by atoms with van der Waals surface area (Å²) < 4.78 is 0. The van der Waals surface area contributed by atoms with Crippen molar-refractivity contribution in [2.45, 2.75) is 13.0 Å². The van der Waals surface area contributed by atoms with Crippen LogP contribution < -0.4 is 0 Å². The Balaban J connectivity index is 2.43. The minimum absolute atomic E-state index is 0.551. The molecule has 9 heavy (non-hydrogen) atoms. The lowest BCUT2D eigenvalue weighted by Crippen LogP contribution is -2.26. The van der Waals surface area contributed by atoms with Crippen molar-refractivity contribution in [3.05, 3.63) is 24.3 Å². The van der Waals surface area contributed by atoms with E-state index in [1.165, 1.54) is 0 Å². The van der Waals surface area contributed by atoms with Crippen LogP contribution in [-0.4, -0.2) is 24.5 Å². The monoisotopic (exact) mass is 123 g/mol. The summed E-state index contributed by atoms with van der Waals surface area (Å²) in [6.07, 6.45) is 8.58. The fourth-order valence-electron chi connectivity index (χ4n) is 0.925. The lowest BCUT2D eigenvalue weighted by Gasteiger charge is -2.18. The maximum atomic E-state index is 2.29. The topological polar surface area (TPSA) is 3.24 Å². The second-order valence-electron chi connectivity index (χ2n) is 2.33. The third-order valence-corrected chi connectivity index (χ3v) is 1.74. The lowest BCUT2D eigenvalue weighted by atomic mass is 10.3. The number of hydrogen-bond acceptors (Lipinski definition) is 1. The van der Waals surface area contributed by atoms with Crippen molar-refractivity contribution in [3.63, 3.8) is 0 Å². The number of likely N-dealkylation sites (N-methyl/N-ethyl adjacent to an activating group) is 1. The van der Waals surface area contributed by atoms with Gasteiger partial charge in [0.2, 0.25) is 0 Å². The number of rotatable bonds is 2. The van der Waals surface area contributed by atoms with Crippen LogP contribution in [0, 0.1) is 0 Å². The molecule has 0 aliphatic heterocycles. The van der Waals surface area contributed by atoms with Crippen molar-refractivity contribution in [1.29, 1.82) is 0 Å². The Hall–Kier alpha value is -0.560. The van der Waals surface area contributed by atoms with Gasteiger partial charge in [0.25, 0.3) is 0 Å². The maximum Gasteiger partial charge on any atom is 0.0464 e. The van der Waals surface area contributed by atoms with Gasteiger partial charge in [-0.2, -0.15) is 0 Å². The van der Waals surface area contributed by atoms with Crippen molar-refractivity contribution in [1.82, 2.24) is 4.90 Å². The molecule has 0 heterocycles. The van der Waals surface area contributed by atoms with Gasteiger partial charge in [0, 0.05) is 6.04 Å². The molecule has 1 aliphatic rings. The van der Waals surface area contributed by atoms with Gasteiger partial charge >= 0.3 is 0 Å². The highest BCUT2D eigenvalue weighted by Gasteiger charge is 2.06. The van der Waals surface area contributed by atoms with Gasteiger partial charge in [-0.25, -0.2) is 0 Å². The third-order valence-electron chi connectivity index (χ3n) is 1.74. The van der Waals surface area contributed by atoms with Crippen LogP contribution in [0.5, 0.6) is 0 Å². The molecule has 0 aromatic carbocycles. The van der Waals surface area contributed by atoms with Gasteiger partial charge in [-0.05, 0) is 13.6 Å². The van der Waals surface area contributed by atoms with E-state index in [2.05, 4.69) is 43.2 Å². The molecule has 0 fully saturated rings. The molecule has 0 spiro atoms. The van der Waals surface area contributed by atoms with E-state index in [1.54, 1.807) is 0 Å². The summed E-state index contributed by atoms with van der Waals surface area (Å²) in [5.41, 5.74) is 0. The predicted octanol–water partition coefficient (Wildman–Crippen LogP) is 1.43. The molecule has 1 heteroatoms. The third kappa shape index (κ3) is 1.42. The van der Waals surface area contributed by atoms with Gasteiger partial charge in [-0.15, -0.1) is 0 Å². The van der Waals surface area contributed by atoms with Crippen LogP contribution in [0.25, 0.3) is 0 Å². The van der Waals surface area contributed by atoms with Crippen LogP contribution in [-0.2, 0) is 0 Å². The standard InChI is InChI=1S/C8H13N/c1-3-9(2)8-6-4-5-7-8/h4-8H,3H2,1-2H3. The van der Waals surface area contributed by atoms with E-state index < -0.39 is 0 Å². The largest absolute Gasteiger partial charge is 0.297 e. The lowest BCUT2D eigenvalue weighted by molar-refractivity contribution is 0.339. The molecule has 0 unspecified atom stereocenters. The summed E-state index contributed by atoms with van der Waals surface area (Å²) in [6.45, 7) is 3.28. The first-order valence-electron chi connectivity index (χ1n) is 3.40.